The minimum atomic E-state index is 0.0208. The highest BCUT2D eigenvalue weighted by molar-refractivity contribution is 6.32. The molecule has 0 saturated carbocycles. The SMILES string of the molecule is COc1ccc(-c2cc(Nc3nc(Nc4cc(C)c(C5CCNCC5)cc4OC(C)C)ncc3Cl)ccc2OC)cc1. The van der Waals surface area contributed by atoms with Gasteiger partial charge in [-0.25, -0.2) is 4.98 Å². The molecule has 0 radical (unpaired) electrons. The number of hydrogen-bond donors (Lipinski definition) is 3. The lowest BCUT2D eigenvalue weighted by atomic mass is 9.87. The number of rotatable bonds is 10. The Bertz CT molecular complexity index is 1520. The summed E-state index contributed by atoms with van der Waals surface area (Å²) < 4.78 is 17.2. The predicted octanol–water partition coefficient (Wildman–Crippen LogP) is 7.86. The Morgan fingerprint density at radius 1 is 0.929 bits per heavy atom. The van der Waals surface area contributed by atoms with Crippen molar-refractivity contribution in [3.8, 4) is 28.4 Å². The second kappa shape index (κ2) is 13.3. The van der Waals surface area contributed by atoms with E-state index >= 15 is 0 Å². The van der Waals surface area contributed by atoms with Crippen LogP contribution in [0.15, 0.2) is 60.8 Å². The smallest absolute Gasteiger partial charge is 0.229 e. The molecule has 0 atom stereocenters. The molecular formula is C33H38ClN5O3. The lowest BCUT2D eigenvalue weighted by molar-refractivity contribution is 0.243. The lowest BCUT2D eigenvalue weighted by Gasteiger charge is -2.26. The standard InChI is InChI=1S/C33H38ClN5O3/c1-20(2)42-31-18-26(23-12-14-35-15-13-23)21(3)16-29(31)38-33-36-19-28(34)32(39-33)37-24-8-11-30(41-5)27(17-24)22-6-9-25(40-4)10-7-22/h6-11,16-20,23,35H,12-15H2,1-5H3,(H2,36,37,38,39). The number of hydrogen-bond acceptors (Lipinski definition) is 8. The van der Waals surface area contributed by atoms with Gasteiger partial charge in [0.25, 0.3) is 0 Å². The molecule has 42 heavy (non-hydrogen) atoms. The van der Waals surface area contributed by atoms with Gasteiger partial charge in [0, 0.05) is 11.3 Å². The first-order valence-corrected chi connectivity index (χ1v) is 14.6. The van der Waals surface area contributed by atoms with Crippen LogP contribution in [0.5, 0.6) is 17.2 Å². The van der Waals surface area contributed by atoms with E-state index < -0.39 is 0 Å². The maximum atomic E-state index is 6.55. The molecule has 1 fully saturated rings. The quantitative estimate of drug-likeness (QED) is 0.173. The van der Waals surface area contributed by atoms with Gasteiger partial charge in [0.15, 0.2) is 5.82 Å². The molecule has 2 heterocycles. The van der Waals surface area contributed by atoms with Gasteiger partial charge in [-0.1, -0.05) is 23.7 Å². The number of nitrogens with zero attached hydrogens (tertiary/aromatic N) is 2. The van der Waals surface area contributed by atoms with Crippen molar-refractivity contribution in [3.05, 3.63) is 76.9 Å². The van der Waals surface area contributed by atoms with Crippen molar-refractivity contribution < 1.29 is 14.2 Å². The van der Waals surface area contributed by atoms with Crippen LogP contribution in [0.1, 0.15) is 43.7 Å². The number of ether oxygens (including phenoxy) is 3. The highest BCUT2D eigenvalue weighted by Crippen LogP contribution is 2.38. The van der Waals surface area contributed by atoms with E-state index in [9.17, 15) is 0 Å². The van der Waals surface area contributed by atoms with Crippen molar-refractivity contribution >= 4 is 34.7 Å². The van der Waals surface area contributed by atoms with Gasteiger partial charge in [-0.15, -0.1) is 0 Å². The Hall–Kier alpha value is -4.01. The largest absolute Gasteiger partial charge is 0.497 e. The molecule has 1 aromatic heterocycles. The summed E-state index contributed by atoms with van der Waals surface area (Å²) in [6.07, 6.45) is 3.85. The first kappa shape index (κ1) is 29.5. The zero-order chi connectivity index (χ0) is 29.6. The van der Waals surface area contributed by atoms with E-state index in [1.807, 2.05) is 56.3 Å². The molecule has 0 aliphatic carbocycles. The fraction of sp³-hybridized carbons (Fsp3) is 0.333. The molecule has 3 aromatic carbocycles. The molecule has 0 spiro atoms. The molecular weight excluding hydrogens is 550 g/mol. The summed E-state index contributed by atoms with van der Waals surface area (Å²) in [5.74, 6) is 3.74. The molecule has 3 N–H and O–H groups in total. The maximum Gasteiger partial charge on any atom is 0.229 e. The summed E-state index contributed by atoms with van der Waals surface area (Å²) in [4.78, 5) is 9.17. The fourth-order valence-electron chi connectivity index (χ4n) is 5.28. The third-order valence-electron chi connectivity index (χ3n) is 7.36. The van der Waals surface area contributed by atoms with Crippen LogP contribution in [-0.2, 0) is 0 Å². The number of halogens is 1. The Morgan fingerprint density at radius 2 is 1.69 bits per heavy atom. The van der Waals surface area contributed by atoms with Gasteiger partial charge in [-0.05, 0) is 112 Å². The van der Waals surface area contributed by atoms with Crippen molar-refractivity contribution in [1.82, 2.24) is 15.3 Å². The summed E-state index contributed by atoms with van der Waals surface area (Å²) in [6.45, 7) is 8.29. The molecule has 1 aliphatic rings. The number of anilines is 4. The summed E-state index contributed by atoms with van der Waals surface area (Å²) in [6, 6.07) is 18.0. The normalized spacial score (nSPS) is 13.6. The van der Waals surface area contributed by atoms with Crippen molar-refractivity contribution in [2.75, 3.05) is 37.9 Å². The first-order chi connectivity index (χ1) is 20.3. The number of nitrogens with one attached hydrogen (secondary N) is 3. The molecule has 0 unspecified atom stereocenters. The fourth-order valence-corrected chi connectivity index (χ4v) is 5.42. The molecule has 0 bridgehead atoms. The molecule has 1 aliphatic heterocycles. The molecule has 220 valence electrons. The van der Waals surface area contributed by atoms with E-state index in [1.54, 1.807) is 20.4 Å². The number of benzene rings is 3. The molecule has 4 aromatic rings. The molecule has 9 heteroatoms. The number of methoxy groups -OCH3 is 2. The zero-order valence-corrected chi connectivity index (χ0v) is 25.5. The van der Waals surface area contributed by atoms with Crippen LogP contribution in [0, 0.1) is 6.92 Å². The van der Waals surface area contributed by atoms with E-state index in [0.717, 1.165) is 65.7 Å². The average molecular weight is 588 g/mol. The van der Waals surface area contributed by atoms with Crippen LogP contribution < -0.4 is 30.2 Å². The van der Waals surface area contributed by atoms with E-state index in [1.165, 1.54) is 11.1 Å². The van der Waals surface area contributed by atoms with Crippen LogP contribution in [0.25, 0.3) is 11.1 Å². The van der Waals surface area contributed by atoms with Crippen molar-refractivity contribution in [1.29, 1.82) is 0 Å². The highest BCUT2D eigenvalue weighted by atomic mass is 35.5. The second-order valence-electron chi connectivity index (χ2n) is 10.7. The summed E-state index contributed by atoms with van der Waals surface area (Å²) in [7, 11) is 3.31. The Balaban J connectivity index is 1.42. The minimum Gasteiger partial charge on any atom is -0.497 e. The van der Waals surface area contributed by atoms with Crippen molar-refractivity contribution in [2.24, 2.45) is 0 Å². The van der Waals surface area contributed by atoms with Crippen LogP contribution >= 0.6 is 11.6 Å². The third kappa shape index (κ3) is 6.89. The van der Waals surface area contributed by atoms with Gasteiger partial charge >= 0.3 is 0 Å². The third-order valence-corrected chi connectivity index (χ3v) is 7.64. The van der Waals surface area contributed by atoms with E-state index in [0.29, 0.717) is 22.7 Å². The monoisotopic (exact) mass is 587 g/mol. The van der Waals surface area contributed by atoms with Crippen LogP contribution in [0.4, 0.5) is 23.1 Å². The molecule has 1 saturated heterocycles. The van der Waals surface area contributed by atoms with Gasteiger partial charge in [0.05, 0.1) is 32.2 Å². The van der Waals surface area contributed by atoms with Crippen LogP contribution in [0.3, 0.4) is 0 Å². The Kier molecular flexibility index (Phi) is 9.35. The molecule has 0 amide bonds. The predicted molar refractivity (Wildman–Crippen MR) is 170 cm³/mol. The van der Waals surface area contributed by atoms with Gasteiger partial charge in [0.2, 0.25) is 5.95 Å². The topological polar surface area (TPSA) is 89.6 Å². The summed E-state index contributed by atoms with van der Waals surface area (Å²) in [5, 5.41) is 10.6. The lowest BCUT2D eigenvalue weighted by Crippen LogP contribution is -2.27. The zero-order valence-electron chi connectivity index (χ0n) is 24.8. The molecule has 8 nitrogen and oxygen atoms in total. The van der Waals surface area contributed by atoms with E-state index in [-0.39, 0.29) is 6.10 Å². The summed E-state index contributed by atoms with van der Waals surface area (Å²) >= 11 is 6.55. The van der Waals surface area contributed by atoms with Gasteiger partial charge < -0.3 is 30.2 Å². The van der Waals surface area contributed by atoms with Crippen molar-refractivity contribution in [2.45, 2.75) is 45.6 Å². The second-order valence-corrected chi connectivity index (χ2v) is 11.1. The summed E-state index contributed by atoms with van der Waals surface area (Å²) in [5.41, 5.74) is 6.10. The Morgan fingerprint density at radius 3 is 2.38 bits per heavy atom. The maximum absolute atomic E-state index is 6.55. The minimum absolute atomic E-state index is 0.0208. The number of aryl methyl sites for hydroxylation is 1. The number of aromatic nitrogens is 2. The Labute approximate surface area is 252 Å². The average Bonchev–Trinajstić information content (AvgIpc) is 3.00. The van der Waals surface area contributed by atoms with Crippen LogP contribution in [-0.4, -0.2) is 43.4 Å². The van der Waals surface area contributed by atoms with Crippen LogP contribution in [0.2, 0.25) is 5.02 Å². The number of piperidine rings is 1. The first-order valence-electron chi connectivity index (χ1n) is 14.3. The highest BCUT2D eigenvalue weighted by Gasteiger charge is 2.21. The van der Waals surface area contributed by atoms with E-state index in [2.05, 4.69) is 40.0 Å². The van der Waals surface area contributed by atoms with Gasteiger partial charge in [0.1, 0.15) is 22.3 Å². The van der Waals surface area contributed by atoms with Crippen molar-refractivity contribution in [3.63, 3.8) is 0 Å². The van der Waals surface area contributed by atoms with Gasteiger partial charge in [-0.3, -0.25) is 0 Å². The van der Waals surface area contributed by atoms with E-state index in [4.69, 9.17) is 30.8 Å². The van der Waals surface area contributed by atoms with Gasteiger partial charge in [-0.2, -0.15) is 4.98 Å². The molecule has 5 rings (SSSR count).